The fourth-order valence-electron chi connectivity index (χ4n) is 2.34. The Balaban J connectivity index is 0.00000242. The second kappa shape index (κ2) is 7.96. The molecule has 1 heterocycles. The summed E-state index contributed by atoms with van der Waals surface area (Å²) in [6.45, 7) is 7.44. The Labute approximate surface area is 137 Å². The zero-order valence-electron chi connectivity index (χ0n) is 13.4. The minimum Gasteiger partial charge on any atom is -0.322 e. The van der Waals surface area contributed by atoms with Gasteiger partial charge in [0, 0.05) is 25.0 Å². The average molecular weight is 323 g/mol. The van der Waals surface area contributed by atoms with Gasteiger partial charge in [0.25, 0.3) is 5.91 Å². The molecule has 0 atom stereocenters. The summed E-state index contributed by atoms with van der Waals surface area (Å²) in [5.41, 5.74) is 4.18. The normalized spacial score (nSPS) is 10.2. The molecule has 0 saturated heterocycles. The lowest BCUT2D eigenvalue weighted by atomic mass is 10.1. The maximum absolute atomic E-state index is 12.5. The van der Waals surface area contributed by atoms with E-state index in [0.29, 0.717) is 5.56 Å². The number of rotatable bonds is 5. The van der Waals surface area contributed by atoms with Crippen molar-refractivity contribution in [3.8, 4) is 0 Å². The zero-order valence-corrected chi connectivity index (χ0v) is 14.3. The highest BCUT2D eigenvalue weighted by atomic mass is 35.5. The first-order chi connectivity index (χ1) is 10.0. The summed E-state index contributed by atoms with van der Waals surface area (Å²) >= 11 is 0. The quantitative estimate of drug-likeness (QED) is 0.890. The molecule has 0 fully saturated rings. The third kappa shape index (κ3) is 3.87. The molecule has 0 spiro atoms. The molecule has 0 radical (unpaired) electrons. The van der Waals surface area contributed by atoms with Gasteiger partial charge in [0.15, 0.2) is 0 Å². The van der Waals surface area contributed by atoms with Gasteiger partial charge in [0.1, 0.15) is 0 Å². The second-order valence-electron chi connectivity index (χ2n) is 5.06. The molecule has 0 bridgehead atoms. The summed E-state index contributed by atoms with van der Waals surface area (Å²) in [4.78, 5) is 12.5. The van der Waals surface area contributed by atoms with Crippen LogP contribution in [0.3, 0.4) is 0 Å². The smallest absolute Gasteiger partial charge is 0.259 e. The lowest BCUT2D eigenvalue weighted by molar-refractivity contribution is 0.102. The zero-order chi connectivity index (χ0) is 15.4. The van der Waals surface area contributed by atoms with Gasteiger partial charge in [0.2, 0.25) is 0 Å². The van der Waals surface area contributed by atoms with Gasteiger partial charge < -0.3 is 10.6 Å². The van der Waals surface area contributed by atoms with Crippen LogP contribution in [0.5, 0.6) is 0 Å². The van der Waals surface area contributed by atoms with E-state index in [0.717, 1.165) is 35.7 Å². The Morgan fingerprint density at radius 3 is 2.55 bits per heavy atom. The van der Waals surface area contributed by atoms with Gasteiger partial charge in [0.05, 0.1) is 11.3 Å². The van der Waals surface area contributed by atoms with Crippen LogP contribution in [-0.4, -0.2) is 22.2 Å². The number of halogens is 1. The van der Waals surface area contributed by atoms with E-state index in [1.807, 2.05) is 45.2 Å². The van der Waals surface area contributed by atoms with E-state index >= 15 is 0 Å². The van der Waals surface area contributed by atoms with Gasteiger partial charge in [-0.25, -0.2) is 0 Å². The number of aromatic nitrogens is 2. The molecule has 0 saturated carbocycles. The van der Waals surface area contributed by atoms with Crippen LogP contribution in [0.2, 0.25) is 0 Å². The molecule has 5 nitrogen and oxygen atoms in total. The van der Waals surface area contributed by atoms with Crippen molar-refractivity contribution in [2.75, 3.05) is 11.9 Å². The summed E-state index contributed by atoms with van der Waals surface area (Å²) in [7, 11) is 1.85. The minimum atomic E-state index is -0.109. The molecule has 1 aromatic heterocycles. The molecular formula is C16H23ClN4O. The van der Waals surface area contributed by atoms with Crippen molar-refractivity contribution < 1.29 is 4.79 Å². The maximum atomic E-state index is 12.5. The van der Waals surface area contributed by atoms with Crippen molar-refractivity contribution in [1.29, 1.82) is 0 Å². The van der Waals surface area contributed by atoms with Crippen LogP contribution in [0.15, 0.2) is 24.3 Å². The summed E-state index contributed by atoms with van der Waals surface area (Å²) < 4.78 is 1.73. The molecule has 0 unspecified atom stereocenters. The molecule has 0 aliphatic heterocycles. The van der Waals surface area contributed by atoms with Gasteiger partial charge in [-0.3, -0.25) is 9.48 Å². The number of nitrogens with zero attached hydrogens (tertiary/aromatic N) is 2. The Bertz CT molecular complexity index is 652. The van der Waals surface area contributed by atoms with E-state index in [9.17, 15) is 4.79 Å². The van der Waals surface area contributed by atoms with Gasteiger partial charge in [-0.15, -0.1) is 12.4 Å². The monoisotopic (exact) mass is 322 g/mol. The Morgan fingerprint density at radius 1 is 1.27 bits per heavy atom. The van der Waals surface area contributed by atoms with Crippen molar-refractivity contribution in [2.24, 2.45) is 7.05 Å². The van der Waals surface area contributed by atoms with Crippen LogP contribution in [0.25, 0.3) is 0 Å². The molecule has 2 N–H and O–H groups in total. The topological polar surface area (TPSA) is 58.9 Å². The van der Waals surface area contributed by atoms with Crippen LogP contribution >= 0.6 is 12.4 Å². The third-order valence-electron chi connectivity index (χ3n) is 3.57. The summed E-state index contributed by atoms with van der Waals surface area (Å²) in [5, 5.41) is 10.6. The number of hydrogen-bond donors (Lipinski definition) is 2. The van der Waals surface area contributed by atoms with E-state index in [4.69, 9.17) is 0 Å². The average Bonchev–Trinajstić information content (AvgIpc) is 2.71. The molecule has 120 valence electrons. The highest BCUT2D eigenvalue weighted by Crippen LogP contribution is 2.18. The standard InChI is InChI=1S/C16H22N4O.ClH/c1-5-17-10-13-8-6-7-9-14(13)18-16(21)15-11(2)19-20(4)12(15)3;/h6-9,17H,5,10H2,1-4H3,(H,18,21);1H. The molecule has 22 heavy (non-hydrogen) atoms. The summed E-state index contributed by atoms with van der Waals surface area (Å²) in [6.07, 6.45) is 0. The number of carbonyl (C=O) groups is 1. The summed E-state index contributed by atoms with van der Waals surface area (Å²) in [6, 6.07) is 7.84. The van der Waals surface area contributed by atoms with Gasteiger partial charge in [-0.05, 0) is 32.0 Å². The molecule has 0 aliphatic rings. The molecule has 2 aromatic rings. The third-order valence-corrected chi connectivity index (χ3v) is 3.57. The van der Waals surface area contributed by atoms with Crippen molar-refractivity contribution in [2.45, 2.75) is 27.3 Å². The van der Waals surface area contributed by atoms with E-state index < -0.39 is 0 Å². The molecule has 2 rings (SSSR count). The molecule has 6 heteroatoms. The highest BCUT2D eigenvalue weighted by Gasteiger charge is 2.18. The first-order valence-corrected chi connectivity index (χ1v) is 7.14. The van der Waals surface area contributed by atoms with Crippen LogP contribution in [-0.2, 0) is 13.6 Å². The molecule has 1 amide bonds. The van der Waals surface area contributed by atoms with Crippen LogP contribution in [0, 0.1) is 13.8 Å². The van der Waals surface area contributed by atoms with E-state index in [-0.39, 0.29) is 18.3 Å². The number of anilines is 1. The molecular weight excluding hydrogens is 300 g/mol. The largest absolute Gasteiger partial charge is 0.322 e. The van der Waals surface area contributed by atoms with Gasteiger partial charge in [-0.2, -0.15) is 5.10 Å². The first-order valence-electron chi connectivity index (χ1n) is 7.14. The highest BCUT2D eigenvalue weighted by molar-refractivity contribution is 6.06. The van der Waals surface area contributed by atoms with Crippen LogP contribution in [0.1, 0.15) is 34.2 Å². The van der Waals surface area contributed by atoms with E-state index in [1.165, 1.54) is 0 Å². The SMILES string of the molecule is CCNCc1ccccc1NC(=O)c1c(C)nn(C)c1C.Cl. The van der Waals surface area contributed by atoms with E-state index in [1.54, 1.807) is 4.68 Å². The maximum Gasteiger partial charge on any atom is 0.259 e. The fourth-order valence-corrected chi connectivity index (χ4v) is 2.34. The van der Waals surface area contributed by atoms with Gasteiger partial charge >= 0.3 is 0 Å². The molecule has 0 aliphatic carbocycles. The lowest BCUT2D eigenvalue weighted by Gasteiger charge is -2.11. The van der Waals surface area contributed by atoms with Crippen LogP contribution < -0.4 is 10.6 Å². The van der Waals surface area contributed by atoms with Crippen LogP contribution in [0.4, 0.5) is 5.69 Å². The Hall–Kier alpha value is -1.85. The number of carbonyl (C=O) groups excluding carboxylic acids is 1. The number of benzene rings is 1. The van der Waals surface area contributed by atoms with Gasteiger partial charge in [-0.1, -0.05) is 25.1 Å². The first kappa shape index (κ1) is 18.2. The summed E-state index contributed by atoms with van der Waals surface area (Å²) in [5.74, 6) is -0.109. The predicted octanol–water partition coefficient (Wildman–Crippen LogP) is 2.82. The Kier molecular flexibility index (Phi) is 6.59. The number of aryl methyl sites for hydroxylation is 2. The van der Waals surface area contributed by atoms with Crippen molar-refractivity contribution in [3.05, 3.63) is 46.8 Å². The molecule has 1 aromatic carbocycles. The predicted molar refractivity (Wildman–Crippen MR) is 91.7 cm³/mol. The van der Waals surface area contributed by atoms with Crippen molar-refractivity contribution in [1.82, 2.24) is 15.1 Å². The number of hydrogen-bond acceptors (Lipinski definition) is 3. The van der Waals surface area contributed by atoms with Crippen molar-refractivity contribution in [3.63, 3.8) is 0 Å². The Morgan fingerprint density at radius 2 is 1.95 bits per heavy atom. The second-order valence-corrected chi connectivity index (χ2v) is 5.06. The fraction of sp³-hybridized carbons (Fsp3) is 0.375. The number of para-hydroxylation sites is 1. The van der Waals surface area contributed by atoms with E-state index in [2.05, 4.69) is 22.7 Å². The number of nitrogens with one attached hydrogen (secondary N) is 2. The van der Waals surface area contributed by atoms with Crippen molar-refractivity contribution >= 4 is 24.0 Å². The minimum absolute atomic E-state index is 0. The lowest BCUT2D eigenvalue weighted by Crippen LogP contribution is -2.18. The number of amides is 1.